The predicted molar refractivity (Wildman–Crippen MR) is 85.0 cm³/mol. The summed E-state index contributed by atoms with van der Waals surface area (Å²) in [6, 6.07) is 12.2. The first-order chi connectivity index (χ1) is 9.83. The van der Waals surface area contributed by atoms with Crippen molar-refractivity contribution in [1.29, 1.82) is 0 Å². The SMILES string of the molecule is CCCNc1cc(-c2ccccc2)nc(NCCC)n1. The molecular weight excluding hydrogens is 248 g/mol. The summed E-state index contributed by atoms with van der Waals surface area (Å²) in [5.74, 6) is 1.56. The highest BCUT2D eigenvalue weighted by Gasteiger charge is 2.05. The van der Waals surface area contributed by atoms with E-state index in [9.17, 15) is 0 Å². The van der Waals surface area contributed by atoms with E-state index in [0.717, 1.165) is 43.0 Å². The first-order valence-corrected chi connectivity index (χ1v) is 7.25. The van der Waals surface area contributed by atoms with E-state index in [2.05, 4.69) is 46.6 Å². The Balaban J connectivity index is 2.29. The van der Waals surface area contributed by atoms with Crippen molar-refractivity contribution in [2.75, 3.05) is 23.7 Å². The Kier molecular flexibility index (Phi) is 5.35. The van der Waals surface area contributed by atoms with E-state index in [1.165, 1.54) is 0 Å². The maximum absolute atomic E-state index is 4.59. The van der Waals surface area contributed by atoms with Crippen LogP contribution in [0.4, 0.5) is 11.8 Å². The van der Waals surface area contributed by atoms with Crippen LogP contribution in [0, 0.1) is 0 Å². The fourth-order valence-electron chi connectivity index (χ4n) is 1.86. The summed E-state index contributed by atoms with van der Waals surface area (Å²) in [6.07, 6.45) is 2.12. The molecule has 0 aliphatic carbocycles. The molecular formula is C16H22N4. The van der Waals surface area contributed by atoms with Crippen molar-refractivity contribution in [3.05, 3.63) is 36.4 Å². The van der Waals surface area contributed by atoms with Gasteiger partial charge >= 0.3 is 0 Å². The monoisotopic (exact) mass is 270 g/mol. The fraction of sp³-hybridized carbons (Fsp3) is 0.375. The Morgan fingerprint density at radius 2 is 1.60 bits per heavy atom. The third-order valence-electron chi connectivity index (χ3n) is 2.88. The summed E-state index contributed by atoms with van der Waals surface area (Å²) < 4.78 is 0. The molecule has 0 saturated heterocycles. The van der Waals surface area contributed by atoms with E-state index < -0.39 is 0 Å². The van der Waals surface area contributed by atoms with Crippen molar-refractivity contribution in [3.8, 4) is 11.3 Å². The second-order valence-corrected chi connectivity index (χ2v) is 4.68. The van der Waals surface area contributed by atoms with Crippen LogP contribution in [0.2, 0.25) is 0 Å². The maximum Gasteiger partial charge on any atom is 0.225 e. The number of hydrogen-bond donors (Lipinski definition) is 2. The first-order valence-electron chi connectivity index (χ1n) is 7.25. The van der Waals surface area contributed by atoms with E-state index in [1.54, 1.807) is 0 Å². The lowest BCUT2D eigenvalue weighted by molar-refractivity contribution is 0.941. The molecule has 2 aromatic rings. The van der Waals surface area contributed by atoms with Gasteiger partial charge in [0.15, 0.2) is 0 Å². The molecule has 1 aromatic carbocycles. The van der Waals surface area contributed by atoms with Gasteiger partial charge in [0.1, 0.15) is 5.82 Å². The van der Waals surface area contributed by atoms with Gasteiger partial charge in [0, 0.05) is 24.7 Å². The smallest absolute Gasteiger partial charge is 0.225 e. The lowest BCUT2D eigenvalue weighted by Crippen LogP contribution is -2.08. The molecule has 4 heteroatoms. The zero-order chi connectivity index (χ0) is 14.2. The van der Waals surface area contributed by atoms with Gasteiger partial charge in [-0.3, -0.25) is 0 Å². The number of benzene rings is 1. The Bertz CT molecular complexity index is 499. The van der Waals surface area contributed by atoms with Gasteiger partial charge in [0.25, 0.3) is 0 Å². The molecule has 0 atom stereocenters. The number of nitrogens with zero attached hydrogens (tertiary/aromatic N) is 2. The van der Waals surface area contributed by atoms with Crippen molar-refractivity contribution in [2.45, 2.75) is 26.7 Å². The fourth-order valence-corrected chi connectivity index (χ4v) is 1.86. The van der Waals surface area contributed by atoms with E-state index >= 15 is 0 Å². The van der Waals surface area contributed by atoms with Crippen molar-refractivity contribution in [2.24, 2.45) is 0 Å². The molecule has 0 radical (unpaired) electrons. The van der Waals surface area contributed by atoms with Gasteiger partial charge in [-0.25, -0.2) is 4.98 Å². The summed E-state index contributed by atoms with van der Waals surface area (Å²) in [4.78, 5) is 9.09. The second kappa shape index (κ2) is 7.48. The zero-order valence-electron chi connectivity index (χ0n) is 12.2. The van der Waals surface area contributed by atoms with Crippen LogP contribution >= 0.6 is 0 Å². The van der Waals surface area contributed by atoms with E-state index in [-0.39, 0.29) is 0 Å². The lowest BCUT2D eigenvalue weighted by atomic mass is 10.1. The van der Waals surface area contributed by atoms with E-state index in [0.29, 0.717) is 5.95 Å². The molecule has 1 aromatic heterocycles. The molecule has 2 N–H and O–H groups in total. The van der Waals surface area contributed by atoms with Crippen LogP contribution in [0.15, 0.2) is 36.4 Å². The largest absolute Gasteiger partial charge is 0.370 e. The normalized spacial score (nSPS) is 10.3. The molecule has 0 aliphatic heterocycles. The Morgan fingerprint density at radius 3 is 2.30 bits per heavy atom. The average molecular weight is 270 g/mol. The highest BCUT2D eigenvalue weighted by Crippen LogP contribution is 2.21. The minimum Gasteiger partial charge on any atom is -0.370 e. The third kappa shape index (κ3) is 3.95. The number of nitrogens with one attached hydrogen (secondary N) is 2. The zero-order valence-corrected chi connectivity index (χ0v) is 12.2. The summed E-state index contributed by atoms with van der Waals surface area (Å²) in [6.45, 7) is 6.07. The Hall–Kier alpha value is -2.10. The van der Waals surface area contributed by atoms with E-state index in [1.807, 2.05) is 24.3 Å². The molecule has 0 fully saturated rings. The van der Waals surface area contributed by atoms with Gasteiger partial charge in [-0.15, -0.1) is 0 Å². The van der Waals surface area contributed by atoms with Gasteiger partial charge < -0.3 is 10.6 Å². The summed E-state index contributed by atoms with van der Waals surface area (Å²) >= 11 is 0. The standard InChI is InChI=1S/C16H22N4/c1-3-10-17-15-12-14(13-8-6-5-7-9-13)19-16(20-15)18-11-4-2/h5-9,12H,3-4,10-11H2,1-2H3,(H2,17,18,19,20). The number of aromatic nitrogens is 2. The molecule has 2 rings (SSSR count). The molecule has 0 saturated carbocycles. The highest BCUT2D eigenvalue weighted by atomic mass is 15.1. The quantitative estimate of drug-likeness (QED) is 0.803. The van der Waals surface area contributed by atoms with Crippen LogP contribution in [0.3, 0.4) is 0 Å². The van der Waals surface area contributed by atoms with Gasteiger partial charge in [-0.05, 0) is 12.8 Å². The third-order valence-corrected chi connectivity index (χ3v) is 2.88. The van der Waals surface area contributed by atoms with Crippen LogP contribution in [-0.4, -0.2) is 23.1 Å². The number of anilines is 2. The van der Waals surface area contributed by atoms with Crippen LogP contribution < -0.4 is 10.6 Å². The minimum atomic E-state index is 0.687. The molecule has 0 unspecified atom stereocenters. The van der Waals surface area contributed by atoms with Crippen molar-refractivity contribution < 1.29 is 0 Å². The van der Waals surface area contributed by atoms with Gasteiger partial charge in [-0.1, -0.05) is 44.2 Å². The van der Waals surface area contributed by atoms with Crippen molar-refractivity contribution in [3.63, 3.8) is 0 Å². The first kappa shape index (κ1) is 14.3. The molecule has 0 spiro atoms. The Morgan fingerprint density at radius 1 is 0.900 bits per heavy atom. The van der Waals surface area contributed by atoms with Gasteiger partial charge in [0.2, 0.25) is 5.95 Å². The predicted octanol–water partition coefficient (Wildman–Crippen LogP) is 3.79. The van der Waals surface area contributed by atoms with Gasteiger partial charge in [-0.2, -0.15) is 4.98 Å². The number of hydrogen-bond acceptors (Lipinski definition) is 4. The molecule has 20 heavy (non-hydrogen) atoms. The molecule has 106 valence electrons. The number of rotatable bonds is 7. The van der Waals surface area contributed by atoms with Crippen LogP contribution in [-0.2, 0) is 0 Å². The minimum absolute atomic E-state index is 0.687. The van der Waals surface area contributed by atoms with E-state index in [4.69, 9.17) is 0 Å². The maximum atomic E-state index is 4.59. The molecule has 0 bridgehead atoms. The van der Waals surface area contributed by atoms with Crippen LogP contribution in [0.1, 0.15) is 26.7 Å². The van der Waals surface area contributed by atoms with Crippen molar-refractivity contribution in [1.82, 2.24) is 9.97 Å². The molecule has 1 heterocycles. The van der Waals surface area contributed by atoms with Crippen LogP contribution in [0.25, 0.3) is 11.3 Å². The average Bonchev–Trinajstić information content (AvgIpc) is 2.51. The lowest BCUT2D eigenvalue weighted by Gasteiger charge is -2.10. The molecule has 0 aliphatic rings. The summed E-state index contributed by atoms with van der Waals surface area (Å²) in [5.41, 5.74) is 2.05. The van der Waals surface area contributed by atoms with Gasteiger partial charge in [0.05, 0.1) is 5.69 Å². The van der Waals surface area contributed by atoms with Crippen LogP contribution in [0.5, 0.6) is 0 Å². The highest BCUT2D eigenvalue weighted by molar-refractivity contribution is 5.64. The Labute approximate surface area is 120 Å². The summed E-state index contributed by atoms with van der Waals surface area (Å²) in [7, 11) is 0. The molecule has 0 amide bonds. The van der Waals surface area contributed by atoms with Crippen molar-refractivity contribution >= 4 is 11.8 Å². The molecule has 4 nitrogen and oxygen atoms in total. The topological polar surface area (TPSA) is 49.8 Å². The summed E-state index contributed by atoms with van der Waals surface area (Å²) in [5, 5.41) is 6.59. The second-order valence-electron chi connectivity index (χ2n) is 4.68.